The van der Waals surface area contributed by atoms with Gasteiger partial charge in [0.05, 0.1) is 7.11 Å². The molecule has 5 nitrogen and oxygen atoms in total. The van der Waals surface area contributed by atoms with E-state index in [4.69, 9.17) is 4.74 Å². The lowest BCUT2D eigenvalue weighted by Crippen LogP contribution is -2.47. The van der Waals surface area contributed by atoms with Gasteiger partial charge in [0.25, 0.3) is 0 Å². The minimum absolute atomic E-state index is 0.120. The largest absolute Gasteiger partial charge is 0.467 e. The first kappa shape index (κ1) is 12.0. The van der Waals surface area contributed by atoms with Gasteiger partial charge >= 0.3 is 5.97 Å². The van der Waals surface area contributed by atoms with E-state index in [0.717, 1.165) is 12.8 Å². The van der Waals surface area contributed by atoms with Crippen molar-refractivity contribution in [3.8, 4) is 0 Å². The van der Waals surface area contributed by atoms with Gasteiger partial charge in [-0.25, -0.2) is 4.79 Å². The van der Waals surface area contributed by atoms with E-state index < -0.39 is 6.04 Å². The van der Waals surface area contributed by atoms with Crippen molar-refractivity contribution in [1.82, 2.24) is 5.32 Å². The smallest absolute Gasteiger partial charge is 0.328 e. The average Bonchev–Trinajstić information content (AvgIpc) is 2.26. The van der Waals surface area contributed by atoms with E-state index in [1.165, 1.54) is 14.0 Å². The first-order valence-electron chi connectivity index (χ1n) is 5.08. The predicted molar refractivity (Wildman–Crippen MR) is 53.2 cm³/mol. The maximum absolute atomic E-state index is 11.5. The Morgan fingerprint density at radius 2 is 2.00 bits per heavy atom. The van der Waals surface area contributed by atoms with Crippen LogP contribution in [0.1, 0.15) is 19.8 Å². The van der Waals surface area contributed by atoms with Gasteiger partial charge in [0.2, 0.25) is 5.91 Å². The van der Waals surface area contributed by atoms with Crippen molar-refractivity contribution in [3.63, 3.8) is 0 Å². The number of rotatable bonds is 3. The lowest BCUT2D eigenvalue weighted by molar-refractivity contribution is -0.147. The van der Waals surface area contributed by atoms with Crippen molar-refractivity contribution in [2.75, 3.05) is 20.3 Å². The topological polar surface area (TPSA) is 64.6 Å². The van der Waals surface area contributed by atoms with Gasteiger partial charge in [-0.05, 0) is 18.8 Å². The molecule has 1 amide bonds. The van der Waals surface area contributed by atoms with Crippen LogP contribution in [0.4, 0.5) is 0 Å². The normalized spacial score (nSPS) is 19.3. The molecule has 1 fully saturated rings. The number of carbonyl (C=O) groups is 2. The van der Waals surface area contributed by atoms with E-state index in [2.05, 4.69) is 10.1 Å². The summed E-state index contributed by atoms with van der Waals surface area (Å²) in [5, 5.41) is 2.63. The highest BCUT2D eigenvalue weighted by atomic mass is 16.5. The summed E-state index contributed by atoms with van der Waals surface area (Å²) in [6.07, 6.45) is 1.56. The first-order chi connectivity index (χ1) is 7.15. The van der Waals surface area contributed by atoms with Crippen LogP contribution in [0.3, 0.4) is 0 Å². The molecular formula is C10H17NO4. The fraction of sp³-hybridized carbons (Fsp3) is 0.800. The fourth-order valence-electron chi connectivity index (χ4n) is 1.76. The Balaban J connectivity index is 2.60. The number of hydrogen-bond acceptors (Lipinski definition) is 4. The van der Waals surface area contributed by atoms with Gasteiger partial charge in [-0.3, -0.25) is 4.79 Å². The number of esters is 1. The third kappa shape index (κ3) is 3.51. The Hall–Kier alpha value is -1.10. The van der Waals surface area contributed by atoms with Crippen molar-refractivity contribution in [1.29, 1.82) is 0 Å². The van der Waals surface area contributed by atoms with E-state index in [1.807, 2.05) is 0 Å². The van der Waals surface area contributed by atoms with Crippen molar-refractivity contribution in [2.45, 2.75) is 25.8 Å². The molecule has 1 saturated heterocycles. The molecular weight excluding hydrogens is 198 g/mol. The van der Waals surface area contributed by atoms with Crippen molar-refractivity contribution >= 4 is 11.9 Å². The zero-order valence-corrected chi connectivity index (χ0v) is 9.12. The van der Waals surface area contributed by atoms with Gasteiger partial charge in [-0.1, -0.05) is 0 Å². The second-order valence-corrected chi connectivity index (χ2v) is 3.65. The molecule has 1 heterocycles. The molecule has 1 rings (SSSR count). The number of nitrogens with one attached hydrogen (secondary N) is 1. The molecule has 0 aromatic heterocycles. The molecule has 0 saturated carbocycles. The van der Waals surface area contributed by atoms with E-state index in [1.54, 1.807) is 0 Å². The molecule has 5 heteroatoms. The quantitative estimate of drug-likeness (QED) is 0.678. The maximum atomic E-state index is 11.5. The minimum atomic E-state index is -0.531. The number of amides is 1. The molecule has 1 aliphatic heterocycles. The number of carbonyl (C=O) groups excluding carboxylic acids is 2. The summed E-state index contributed by atoms with van der Waals surface area (Å²) in [5.74, 6) is -0.468. The van der Waals surface area contributed by atoms with Crippen LogP contribution in [0, 0.1) is 5.92 Å². The molecule has 0 aromatic rings. The van der Waals surface area contributed by atoms with E-state index in [-0.39, 0.29) is 17.8 Å². The molecule has 0 unspecified atom stereocenters. The second-order valence-electron chi connectivity index (χ2n) is 3.65. The summed E-state index contributed by atoms with van der Waals surface area (Å²) in [6.45, 7) is 2.67. The minimum Gasteiger partial charge on any atom is -0.467 e. The summed E-state index contributed by atoms with van der Waals surface area (Å²) >= 11 is 0. The number of methoxy groups -OCH3 is 1. The van der Waals surface area contributed by atoms with Gasteiger partial charge in [-0.2, -0.15) is 0 Å². The fourth-order valence-corrected chi connectivity index (χ4v) is 1.76. The highest BCUT2D eigenvalue weighted by molar-refractivity contribution is 5.83. The van der Waals surface area contributed by atoms with Gasteiger partial charge in [0.1, 0.15) is 6.04 Å². The molecule has 0 radical (unpaired) electrons. The third-order valence-corrected chi connectivity index (χ3v) is 2.55. The van der Waals surface area contributed by atoms with Crippen molar-refractivity contribution in [3.05, 3.63) is 0 Å². The summed E-state index contributed by atoms with van der Waals surface area (Å²) in [4.78, 5) is 22.4. The Morgan fingerprint density at radius 3 is 2.47 bits per heavy atom. The van der Waals surface area contributed by atoms with Crippen LogP contribution in [0.15, 0.2) is 0 Å². The second kappa shape index (κ2) is 5.70. The zero-order valence-electron chi connectivity index (χ0n) is 9.12. The van der Waals surface area contributed by atoms with E-state index in [9.17, 15) is 9.59 Å². The molecule has 0 aromatic carbocycles. The van der Waals surface area contributed by atoms with Crippen LogP contribution >= 0.6 is 0 Å². The number of hydrogen-bond donors (Lipinski definition) is 1. The highest BCUT2D eigenvalue weighted by Crippen LogP contribution is 2.19. The van der Waals surface area contributed by atoms with E-state index >= 15 is 0 Å². The van der Waals surface area contributed by atoms with Crippen LogP contribution in [0.2, 0.25) is 0 Å². The maximum Gasteiger partial charge on any atom is 0.328 e. The third-order valence-electron chi connectivity index (χ3n) is 2.55. The zero-order chi connectivity index (χ0) is 11.3. The van der Waals surface area contributed by atoms with Crippen LogP contribution in [0.25, 0.3) is 0 Å². The standard InChI is InChI=1S/C10H17NO4/c1-7(12)11-9(10(13)14-2)8-3-5-15-6-4-8/h8-9H,3-6H2,1-2H3,(H,11,12)/t9-/m0/s1. The van der Waals surface area contributed by atoms with Crippen LogP contribution in [-0.4, -0.2) is 38.2 Å². The number of ether oxygens (including phenoxy) is 2. The Labute approximate surface area is 89.1 Å². The van der Waals surface area contributed by atoms with E-state index in [0.29, 0.717) is 13.2 Å². The molecule has 86 valence electrons. The molecule has 0 aliphatic carbocycles. The van der Waals surface area contributed by atoms with Crippen molar-refractivity contribution < 1.29 is 19.1 Å². The Morgan fingerprint density at radius 1 is 1.40 bits per heavy atom. The lowest BCUT2D eigenvalue weighted by atomic mass is 9.91. The van der Waals surface area contributed by atoms with Gasteiger partial charge in [0, 0.05) is 20.1 Å². The Bertz CT molecular complexity index is 236. The monoisotopic (exact) mass is 215 g/mol. The molecule has 1 N–H and O–H groups in total. The van der Waals surface area contributed by atoms with Gasteiger partial charge in [0.15, 0.2) is 0 Å². The molecule has 1 atom stereocenters. The lowest BCUT2D eigenvalue weighted by Gasteiger charge is -2.28. The van der Waals surface area contributed by atoms with Crippen LogP contribution < -0.4 is 5.32 Å². The Kier molecular flexibility index (Phi) is 4.55. The van der Waals surface area contributed by atoms with Gasteiger partial charge < -0.3 is 14.8 Å². The molecule has 0 spiro atoms. The molecule has 1 aliphatic rings. The SMILES string of the molecule is COC(=O)[C@@H](NC(C)=O)C1CCOCC1. The summed E-state index contributed by atoms with van der Waals surface area (Å²) in [7, 11) is 1.33. The first-order valence-corrected chi connectivity index (χ1v) is 5.08. The van der Waals surface area contributed by atoms with Crippen molar-refractivity contribution in [2.24, 2.45) is 5.92 Å². The summed E-state index contributed by atoms with van der Waals surface area (Å²) in [6, 6.07) is -0.531. The summed E-state index contributed by atoms with van der Waals surface area (Å²) in [5.41, 5.74) is 0. The molecule has 15 heavy (non-hydrogen) atoms. The van der Waals surface area contributed by atoms with Crippen LogP contribution in [0.5, 0.6) is 0 Å². The van der Waals surface area contributed by atoms with Crippen LogP contribution in [-0.2, 0) is 19.1 Å². The summed E-state index contributed by atoms with van der Waals surface area (Å²) < 4.78 is 9.88. The average molecular weight is 215 g/mol. The molecule has 0 bridgehead atoms. The highest BCUT2D eigenvalue weighted by Gasteiger charge is 2.31. The van der Waals surface area contributed by atoms with Gasteiger partial charge in [-0.15, -0.1) is 0 Å². The predicted octanol–water partition coefficient (Wildman–Crippen LogP) is 0.0907.